The molecule has 6 heteroatoms. The van der Waals surface area contributed by atoms with E-state index in [1.807, 2.05) is 45.0 Å². The highest BCUT2D eigenvalue weighted by atomic mass is 16.2. The van der Waals surface area contributed by atoms with Gasteiger partial charge in [-0.2, -0.15) is 0 Å². The summed E-state index contributed by atoms with van der Waals surface area (Å²) in [6.07, 6.45) is 1.28. The highest BCUT2D eigenvalue weighted by Gasteiger charge is 2.55. The van der Waals surface area contributed by atoms with Crippen LogP contribution in [0.5, 0.6) is 0 Å². The quantitative estimate of drug-likeness (QED) is 0.823. The van der Waals surface area contributed by atoms with Gasteiger partial charge < -0.3 is 10.6 Å². The number of amides is 4. The van der Waals surface area contributed by atoms with Crippen LogP contribution in [-0.4, -0.2) is 35.3 Å². The van der Waals surface area contributed by atoms with Gasteiger partial charge >= 0.3 is 6.03 Å². The molecule has 24 heavy (non-hydrogen) atoms. The minimum atomic E-state index is -1.00. The molecule has 1 spiro atoms. The molecule has 2 N–H and O–H groups in total. The molecule has 0 bridgehead atoms. The third-order valence-corrected chi connectivity index (χ3v) is 5.11. The van der Waals surface area contributed by atoms with Crippen LogP contribution in [0.25, 0.3) is 0 Å². The van der Waals surface area contributed by atoms with E-state index in [1.165, 1.54) is 0 Å². The Morgan fingerprint density at radius 2 is 2.00 bits per heavy atom. The molecule has 4 amide bonds. The van der Waals surface area contributed by atoms with Crippen molar-refractivity contribution in [3.63, 3.8) is 0 Å². The minimum Gasteiger partial charge on any atom is -0.352 e. The highest BCUT2D eigenvalue weighted by Crippen LogP contribution is 2.41. The fraction of sp³-hybridized carbons (Fsp3) is 0.500. The molecule has 1 aromatic rings. The monoisotopic (exact) mass is 329 g/mol. The molecular weight excluding hydrogens is 306 g/mol. The zero-order valence-corrected chi connectivity index (χ0v) is 14.3. The second-order valence-corrected chi connectivity index (χ2v) is 6.98. The number of carbonyl (C=O) groups is 3. The maximum absolute atomic E-state index is 12.9. The van der Waals surface area contributed by atoms with E-state index < -0.39 is 11.6 Å². The smallest absolute Gasteiger partial charge is 0.325 e. The van der Waals surface area contributed by atoms with E-state index in [9.17, 15) is 14.4 Å². The summed E-state index contributed by atoms with van der Waals surface area (Å²) in [6, 6.07) is 7.14. The Bertz CT molecular complexity index is 701. The Kier molecular flexibility index (Phi) is 4.07. The van der Waals surface area contributed by atoms with Gasteiger partial charge in [0.1, 0.15) is 12.1 Å². The first-order chi connectivity index (χ1) is 11.3. The van der Waals surface area contributed by atoms with E-state index in [0.29, 0.717) is 6.42 Å². The topological polar surface area (TPSA) is 78.5 Å². The van der Waals surface area contributed by atoms with Crippen molar-refractivity contribution in [3.8, 4) is 0 Å². The van der Waals surface area contributed by atoms with Crippen LogP contribution < -0.4 is 10.6 Å². The lowest BCUT2D eigenvalue weighted by Gasteiger charge is -2.23. The number of hydrogen-bond donors (Lipinski definition) is 2. The van der Waals surface area contributed by atoms with Gasteiger partial charge in [0, 0.05) is 6.04 Å². The van der Waals surface area contributed by atoms with E-state index in [4.69, 9.17) is 0 Å². The molecule has 0 saturated carbocycles. The number of carbonyl (C=O) groups excluding carboxylic acids is 3. The Labute approximate surface area is 141 Å². The molecule has 2 atom stereocenters. The largest absolute Gasteiger partial charge is 0.352 e. The Morgan fingerprint density at radius 1 is 1.29 bits per heavy atom. The Balaban J connectivity index is 1.78. The van der Waals surface area contributed by atoms with Crippen LogP contribution in [0.4, 0.5) is 4.79 Å². The molecule has 1 aliphatic heterocycles. The number of benzene rings is 1. The van der Waals surface area contributed by atoms with E-state index in [0.717, 1.165) is 22.4 Å². The Morgan fingerprint density at radius 3 is 2.71 bits per heavy atom. The third kappa shape index (κ3) is 2.56. The summed E-state index contributed by atoms with van der Waals surface area (Å²) in [4.78, 5) is 38.4. The molecule has 1 heterocycles. The molecule has 1 aliphatic carbocycles. The van der Waals surface area contributed by atoms with Gasteiger partial charge in [-0.3, -0.25) is 14.5 Å². The maximum Gasteiger partial charge on any atom is 0.325 e. The normalized spacial score (nSPS) is 23.6. The molecule has 1 aromatic carbocycles. The average molecular weight is 329 g/mol. The standard InChI is InChI=1S/C18H23N3O3/c1-11(2)12(3)19-15(22)10-21-16(23)18(20-17(21)24)9-8-13-6-4-5-7-14(13)18/h4-7,11-12H,8-10H2,1-3H3,(H,19,22)(H,20,24). The number of nitrogens with one attached hydrogen (secondary N) is 2. The summed E-state index contributed by atoms with van der Waals surface area (Å²) in [5.41, 5.74) is 0.921. The molecule has 2 aliphatic rings. The van der Waals surface area contributed by atoms with E-state index in [2.05, 4.69) is 10.6 Å². The van der Waals surface area contributed by atoms with Crippen molar-refractivity contribution in [2.75, 3.05) is 6.54 Å². The molecular formula is C18H23N3O3. The molecule has 2 unspecified atom stereocenters. The number of fused-ring (bicyclic) bond motifs is 2. The third-order valence-electron chi connectivity index (χ3n) is 5.11. The maximum atomic E-state index is 12.9. The minimum absolute atomic E-state index is 0.0144. The first-order valence-electron chi connectivity index (χ1n) is 8.37. The first kappa shape index (κ1) is 16.5. The number of urea groups is 1. The zero-order chi connectivity index (χ0) is 17.5. The number of nitrogens with zero attached hydrogens (tertiary/aromatic N) is 1. The predicted octanol–water partition coefficient (Wildman–Crippen LogP) is 1.54. The summed E-state index contributed by atoms with van der Waals surface area (Å²) in [7, 11) is 0. The van der Waals surface area contributed by atoms with Crippen molar-refractivity contribution >= 4 is 17.8 Å². The van der Waals surface area contributed by atoms with Gasteiger partial charge in [-0.25, -0.2) is 4.79 Å². The lowest BCUT2D eigenvalue weighted by Crippen LogP contribution is -2.46. The van der Waals surface area contributed by atoms with Gasteiger partial charge in [-0.1, -0.05) is 38.1 Å². The van der Waals surface area contributed by atoms with Crippen molar-refractivity contribution in [2.45, 2.75) is 45.2 Å². The molecule has 0 radical (unpaired) electrons. The van der Waals surface area contributed by atoms with Gasteiger partial charge in [0.05, 0.1) is 0 Å². The van der Waals surface area contributed by atoms with E-state index >= 15 is 0 Å². The summed E-state index contributed by atoms with van der Waals surface area (Å²) in [6.45, 7) is 5.67. The van der Waals surface area contributed by atoms with Crippen LogP contribution in [0, 0.1) is 5.92 Å². The summed E-state index contributed by atoms with van der Waals surface area (Å²) in [5.74, 6) is -0.363. The predicted molar refractivity (Wildman–Crippen MR) is 89.1 cm³/mol. The number of imide groups is 1. The van der Waals surface area contributed by atoms with Crippen molar-refractivity contribution in [3.05, 3.63) is 35.4 Å². The van der Waals surface area contributed by atoms with Crippen molar-refractivity contribution in [2.24, 2.45) is 5.92 Å². The Hall–Kier alpha value is -2.37. The summed E-state index contributed by atoms with van der Waals surface area (Å²) >= 11 is 0. The fourth-order valence-corrected chi connectivity index (χ4v) is 3.34. The van der Waals surface area contributed by atoms with Crippen molar-refractivity contribution < 1.29 is 14.4 Å². The molecule has 1 fully saturated rings. The second-order valence-electron chi connectivity index (χ2n) is 6.98. The van der Waals surface area contributed by atoms with E-state index in [1.54, 1.807) is 0 Å². The van der Waals surface area contributed by atoms with Crippen LogP contribution in [0.15, 0.2) is 24.3 Å². The highest BCUT2D eigenvalue weighted by molar-refractivity contribution is 6.09. The lowest BCUT2D eigenvalue weighted by atomic mass is 9.92. The van der Waals surface area contributed by atoms with Crippen LogP contribution >= 0.6 is 0 Å². The van der Waals surface area contributed by atoms with Gasteiger partial charge in [0.25, 0.3) is 5.91 Å². The molecule has 0 aromatic heterocycles. The van der Waals surface area contributed by atoms with Crippen LogP contribution in [0.2, 0.25) is 0 Å². The van der Waals surface area contributed by atoms with E-state index in [-0.39, 0.29) is 30.3 Å². The molecule has 6 nitrogen and oxygen atoms in total. The molecule has 128 valence electrons. The lowest BCUT2D eigenvalue weighted by molar-refractivity contribution is -0.135. The summed E-state index contributed by atoms with van der Waals surface area (Å²) < 4.78 is 0. The van der Waals surface area contributed by atoms with Gasteiger partial charge in [0.15, 0.2) is 0 Å². The van der Waals surface area contributed by atoms with Crippen LogP contribution in [0.3, 0.4) is 0 Å². The fourth-order valence-electron chi connectivity index (χ4n) is 3.34. The first-order valence-corrected chi connectivity index (χ1v) is 8.37. The van der Waals surface area contributed by atoms with Crippen molar-refractivity contribution in [1.29, 1.82) is 0 Å². The number of aryl methyl sites for hydroxylation is 1. The average Bonchev–Trinajstić information content (AvgIpc) is 3.02. The van der Waals surface area contributed by atoms with Crippen LogP contribution in [-0.2, 0) is 21.5 Å². The van der Waals surface area contributed by atoms with Crippen LogP contribution in [0.1, 0.15) is 38.3 Å². The molecule has 3 rings (SSSR count). The number of hydrogen-bond acceptors (Lipinski definition) is 3. The van der Waals surface area contributed by atoms with Gasteiger partial charge in [0.2, 0.25) is 5.91 Å². The number of rotatable bonds is 4. The van der Waals surface area contributed by atoms with Gasteiger partial charge in [-0.05, 0) is 36.8 Å². The SMILES string of the molecule is CC(C)C(C)NC(=O)CN1C(=O)NC2(CCc3ccccc32)C1=O. The second kappa shape index (κ2) is 5.92. The van der Waals surface area contributed by atoms with Gasteiger partial charge in [-0.15, -0.1) is 0 Å². The zero-order valence-electron chi connectivity index (χ0n) is 14.3. The van der Waals surface area contributed by atoms with Crippen molar-refractivity contribution in [1.82, 2.24) is 15.5 Å². The summed E-state index contributed by atoms with van der Waals surface area (Å²) in [5, 5.41) is 5.66. The molecule has 1 saturated heterocycles.